The van der Waals surface area contributed by atoms with E-state index in [2.05, 4.69) is 17.4 Å². The standard InChI is InChI=1S/C21H25N3O3/c22-13-17-12-19(17)15-8-10-18(11-9-15)23-20(25)3-1-2-14-4-6-16(7-5-14)21(26)24-27/h4-11,17,19,27H,1-3,12-13,22H2,(H,23,25)(H,24,26). The minimum absolute atomic E-state index is 0.00900. The van der Waals surface area contributed by atoms with Gasteiger partial charge in [0.25, 0.3) is 5.91 Å². The van der Waals surface area contributed by atoms with E-state index in [0.717, 1.165) is 37.1 Å². The Labute approximate surface area is 158 Å². The van der Waals surface area contributed by atoms with Crippen LogP contribution in [0.25, 0.3) is 0 Å². The molecule has 2 aromatic carbocycles. The number of anilines is 1. The zero-order valence-corrected chi connectivity index (χ0v) is 15.2. The zero-order valence-electron chi connectivity index (χ0n) is 15.2. The monoisotopic (exact) mass is 367 g/mol. The number of benzene rings is 2. The van der Waals surface area contributed by atoms with Gasteiger partial charge >= 0.3 is 0 Å². The van der Waals surface area contributed by atoms with Crippen molar-refractivity contribution in [1.29, 1.82) is 0 Å². The summed E-state index contributed by atoms with van der Waals surface area (Å²) in [7, 11) is 0. The summed E-state index contributed by atoms with van der Waals surface area (Å²) in [6.45, 7) is 0.737. The molecule has 1 saturated carbocycles. The van der Waals surface area contributed by atoms with Crippen LogP contribution in [0.1, 0.15) is 46.7 Å². The number of hydrogen-bond acceptors (Lipinski definition) is 4. The molecule has 3 rings (SSSR count). The van der Waals surface area contributed by atoms with E-state index in [4.69, 9.17) is 10.9 Å². The number of aryl methyl sites for hydroxylation is 1. The van der Waals surface area contributed by atoms with Crippen LogP contribution in [0.4, 0.5) is 5.69 Å². The van der Waals surface area contributed by atoms with Crippen molar-refractivity contribution in [3.8, 4) is 0 Å². The van der Waals surface area contributed by atoms with Crippen molar-refractivity contribution in [2.24, 2.45) is 11.7 Å². The van der Waals surface area contributed by atoms with Crippen molar-refractivity contribution in [3.63, 3.8) is 0 Å². The minimum atomic E-state index is -0.535. The number of rotatable bonds is 8. The first-order valence-electron chi connectivity index (χ1n) is 9.24. The van der Waals surface area contributed by atoms with Crippen molar-refractivity contribution in [1.82, 2.24) is 5.48 Å². The van der Waals surface area contributed by atoms with Crippen LogP contribution >= 0.6 is 0 Å². The Morgan fingerprint density at radius 3 is 2.37 bits per heavy atom. The third-order valence-corrected chi connectivity index (χ3v) is 5.03. The highest BCUT2D eigenvalue weighted by atomic mass is 16.5. The van der Waals surface area contributed by atoms with E-state index in [1.807, 2.05) is 24.3 Å². The molecule has 2 amide bonds. The highest BCUT2D eigenvalue weighted by Crippen LogP contribution is 2.46. The van der Waals surface area contributed by atoms with Crippen LogP contribution in [-0.2, 0) is 11.2 Å². The molecule has 2 unspecified atom stereocenters. The van der Waals surface area contributed by atoms with E-state index in [1.165, 1.54) is 5.56 Å². The van der Waals surface area contributed by atoms with E-state index in [1.54, 1.807) is 17.6 Å². The maximum absolute atomic E-state index is 12.1. The quantitative estimate of drug-likeness (QED) is 0.425. The van der Waals surface area contributed by atoms with E-state index in [9.17, 15) is 9.59 Å². The van der Waals surface area contributed by atoms with Crippen LogP contribution in [0.15, 0.2) is 48.5 Å². The molecular formula is C21H25N3O3. The fourth-order valence-electron chi connectivity index (χ4n) is 3.29. The fraction of sp³-hybridized carbons (Fsp3) is 0.333. The van der Waals surface area contributed by atoms with Crippen LogP contribution in [0.3, 0.4) is 0 Å². The largest absolute Gasteiger partial charge is 0.330 e. The van der Waals surface area contributed by atoms with E-state index in [0.29, 0.717) is 23.8 Å². The molecule has 1 fully saturated rings. The van der Waals surface area contributed by atoms with Gasteiger partial charge in [0.05, 0.1) is 0 Å². The van der Waals surface area contributed by atoms with Crippen molar-refractivity contribution >= 4 is 17.5 Å². The lowest BCUT2D eigenvalue weighted by molar-refractivity contribution is -0.116. The second-order valence-corrected chi connectivity index (χ2v) is 7.00. The second kappa shape index (κ2) is 8.79. The Morgan fingerprint density at radius 2 is 1.78 bits per heavy atom. The Bertz CT molecular complexity index is 787. The molecule has 0 spiro atoms. The lowest BCUT2D eigenvalue weighted by Crippen LogP contribution is -2.18. The molecule has 2 aromatic rings. The number of nitrogens with two attached hydrogens (primary N) is 1. The van der Waals surface area contributed by atoms with Gasteiger partial charge in [-0.3, -0.25) is 14.8 Å². The van der Waals surface area contributed by atoms with Gasteiger partial charge in [-0.05, 0) is 73.0 Å². The highest BCUT2D eigenvalue weighted by molar-refractivity contribution is 5.93. The molecule has 0 bridgehead atoms. The van der Waals surface area contributed by atoms with Crippen LogP contribution < -0.4 is 16.5 Å². The molecule has 0 aromatic heterocycles. The molecule has 1 aliphatic rings. The molecule has 0 heterocycles. The van der Waals surface area contributed by atoms with E-state index >= 15 is 0 Å². The number of nitrogens with one attached hydrogen (secondary N) is 2. The summed E-state index contributed by atoms with van der Waals surface area (Å²) in [6.07, 6.45) is 3.05. The lowest BCUT2D eigenvalue weighted by Gasteiger charge is -2.07. The number of amides is 2. The average Bonchev–Trinajstić information content (AvgIpc) is 3.48. The molecule has 27 heavy (non-hydrogen) atoms. The summed E-state index contributed by atoms with van der Waals surface area (Å²) >= 11 is 0. The van der Waals surface area contributed by atoms with Crippen molar-refractivity contribution in [2.75, 3.05) is 11.9 Å². The topological polar surface area (TPSA) is 104 Å². The van der Waals surface area contributed by atoms with E-state index in [-0.39, 0.29) is 5.91 Å². The highest BCUT2D eigenvalue weighted by Gasteiger charge is 2.36. The van der Waals surface area contributed by atoms with Crippen molar-refractivity contribution < 1.29 is 14.8 Å². The molecule has 5 N–H and O–H groups in total. The van der Waals surface area contributed by atoms with Gasteiger partial charge in [0, 0.05) is 17.7 Å². The maximum atomic E-state index is 12.1. The molecule has 2 atom stereocenters. The van der Waals surface area contributed by atoms with Gasteiger partial charge in [-0.1, -0.05) is 24.3 Å². The first-order chi connectivity index (χ1) is 13.1. The Hall–Kier alpha value is -2.70. The molecule has 0 aliphatic heterocycles. The summed E-state index contributed by atoms with van der Waals surface area (Å²) in [4.78, 5) is 23.4. The third kappa shape index (κ3) is 5.15. The lowest BCUT2D eigenvalue weighted by atomic mass is 10.1. The average molecular weight is 367 g/mol. The predicted octanol–water partition coefficient (Wildman–Crippen LogP) is 2.83. The van der Waals surface area contributed by atoms with Gasteiger partial charge in [0.2, 0.25) is 5.91 Å². The van der Waals surface area contributed by atoms with Gasteiger partial charge < -0.3 is 11.1 Å². The number of carbonyl (C=O) groups excluding carboxylic acids is 2. The SMILES string of the molecule is NCC1CC1c1ccc(NC(=O)CCCc2ccc(C(=O)NO)cc2)cc1. The summed E-state index contributed by atoms with van der Waals surface area (Å²) in [5.74, 6) is 0.643. The molecule has 0 saturated heterocycles. The van der Waals surface area contributed by atoms with Gasteiger partial charge in [0.1, 0.15) is 0 Å². The second-order valence-electron chi connectivity index (χ2n) is 7.00. The molecule has 1 aliphatic carbocycles. The summed E-state index contributed by atoms with van der Waals surface area (Å²) in [5.41, 5.74) is 10.8. The third-order valence-electron chi connectivity index (χ3n) is 5.03. The van der Waals surface area contributed by atoms with Crippen LogP contribution in [0, 0.1) is 5.92 Å². The molecule has 142 valence electrons. The minimum Gasteiger partial charge on any atom is -0.330 e. The fourth-order valence-corrected chi connectivity index (χ4v) is 3.29. The Morgan fingerprint density at radius 1 is 1.07 bits per heavy atom. The van der Waals surface area contributed by atoms with Gasteiger partial charge in [-0.2, -0.15) is 0 Å². The summed E-state index contributed by atoms with van der Waals surface area (Å²) in [5, 5.41) is 11.5. The van der Waals surface area contributed by atoms with Crippen molar-refractivity contribution in [2.45, 2.75) is 31.6 Å². The first-order valence-corrected chi connectivity index (χ1v) is 9.24. The Kier molecular flexibility index (Phi) is 6.21. The first kappa shape index (κ1) is 19.1. The molecule has 6 heteroatoms. The summed E-state index contributed by atoms with van der Waals surface area (Å²) in [6, 6.07) is 15.0. The van der Waals surface area contributed by atoms with Crippen LogP contribution in [-0.4, -0.2) is 23.6 Å². The molecule has 0 radical (unpaired) electrons. The van der Waals surface area contributed by atoms with Crippen LogP contribution in [0.5, 0.6) is 0 Å². The number of hydrogen-bond donors (Lipinski definition) is 4. The summed E-state index contributed by atoms with van der Waals surface area (Å²) < 4.78 is 0. The smallest absolute Gasteiger partial charge is 0.274 e. The number of hydroxylamine groups is 1. The Balaban J connectivity index is 1.41. The van der Waals surface area contributed by atoms with E-state index < -0.39 is 5.91 Å². The van der Waals surface area contributed by atoms with Gasteiger partial charge in [-0.15, -0.1) is 0 Å². The van der Waals surface area contributed by atoms with Crippen molar-refractivity contribution in [3.05, 3.63) is 65.2 Å². The van der Waals surface area contributed by atoms with Crippen LogP contribution in [0.2, 0.25) is 0 Å². The normalized spacial score (nSPS) is 18.0. The van der Waals surface area contributed by atoms with Gasteiger partial charge in [0.15, 0.2) is 0 Å². The number of carbonyl (C=O) groups is 2. The predicted molar refractivity (Wildman–Crippen MR) is 104 cm³/mol. The van der Waals surface area contributed by atoms with Gasteiger partial charge in [-0.25, -0.2) is 5.48 Å². The maximum Gasteiger partial charge on any atom is 0.274 e. The molecular weight excluding hydrogens is 342 g/mol. The zero-order chi connectivity index (χ0) is 19.2. The molecule has 6 nitrogen and oxygen atoms in total.